The zero-order valence-electron chi connectivity index (χ0n) is 14.1. The fraction of sp³-hybridized carbons (Fsp3) is 0.150. The van der Waals surface area contributed by atoms with Crippen LogP contribution in [0, 0.1) is 0 Å². The van der Waals surface area contributed by atoms with Crippen molar-refractivity contribution in [2.45, 2.75) is 13.0 Å². The van der Waals surface area contributed by atoms with E-state index in [1.807, 2.05) is 54.6 Å². The van der Waals surface area contributed by atoms with Crippen molar-refractivity contribution < 1.29 is 14.7 Å². The highest BCUT2D eigenvalue weighted by molar-refractivity contribution is 5.89. The van der Waals surface area contributed by atoms with Crippen molar-refractivity contribution in [3.8, 4) is 5.75 Å². The maximum atomic E-state index is 12.2. The number of anilines is 1. The fourth-order valence-electron chi connectivity index (χ4n) is 2.65. The average molecular weight is 336 g/mol. The zero-order valence-corrected chi connectivity index (χ0v) is 14.1. The Labute approximate surface area is 146 Å². The van der Waals surface area contributed by atoms with Crippen molar-refractivity contribution >= 4 is 22.5 Å². The number of nitrogens with zero attached hydrogens (tertiary/aromatic N) is 1. The summed E-state index contributed by atoms with van der Waals surface area (Å²) >= 11 is 0. The maximum Gasteiger partial charge on any atom is 0.346 e. The van der Waals surface area contributed by atoms with Gasteiger partial charge in [0.2, 0.25) is 0 Å². The molecule has 0 saturated heterocycles. The highest BCUT2D eigenvalue weighted by Gasteiger charge is 2.20. The van der Waals surface area contributed by atoms with Crippen molar-refractivity contribution in [3.05, 3.63) is 72.3 Å². The molecule has 25 heavy (non-hydrogen) atoms. The van der Waals surface area contributed by atoms with E-state index < -0.39 is 12.1 Å². The number of methoxy groups -OCH3 is 1. The number of hydrogen-bond acceptors (Lipinski definition) is 3. The second-order valence-electron chi connectivity index (χ2n) is 5.79. The molecule has 0 aliphatic heterocycles. The molecule has 5 nitrogen and oxygen atoms in total. The van der Waals surface area contributed by atoms with Crippen LogP contribution >= 0.6 is 0 Å². The summed E-state index contributed by atoms with van der Waals surface area (Å²) in [6.07, 6.45) is 0. The smallest absolute Gasteiger partial charge is 0.346 e. The first-order chi connectivity index (χ1) is 12.1. The van der Waals surface area contributed by atoms with Gasteiger partial charge in [0, 0.05) is 5.69 Å². The number of hydroxylamine groups is 2. The number of hydrogen-bond donors (Lipinski definition) is 2. The molecule has 2 N–H and O–H groups in total. The van der Waals surface area contributed by atoms with E-state index in [4.69, 9.17) is 4.74 Å². The largest absolute Gasteiger partial charge is 0.497 e. The predicted octanol–water partition coefficient (Wildman–Crippen LogP) is 4.83. The lowest BCUT2D eigenvalue weighted by Crippen LogP contribution is -2.34. The van der Waals surface area contributed by atoms with E-state index in [0.717, 1.165) is 22.1 Å². The number of nitrogens with one attached hydrogen (secondary N) is 1. The van der Waals surface area contributed by atoms with Crippen LogP contribution in [0.5, 0.6) is 5.75 Å². The van der Waals surface area contributed by atoms with Crippen LogP contribution in [-0.2, 0) is 0 Å². The summed E-state index contributed by atoms with van der Waals surface area (Å²) in [7, 11) is 1.63. The van der Waals surface area contributed by atoms with Crippen LogP contribution in [-0.4, -0.2) is 23.4 Å². The zero-order chi connectivity index (χ0) is 17.8. The summed E-state index contributed by atoms with van der Waals surface area (Å²) in [6, 6.07) is 19.5. The van der Waals surface area contributed by atoms with Gasteiger partial charge in [-0.1, -0.05) is 36.4 Å². The average Bonchev–Trinajstić information content (AvgIpc) is 2.66. The van der Waals surface area contributed by atoms with E-state index in [1.165, 1.54) is 0 Å². The summed E-state index contributed by atoms with van der Waals surface area (Å²) in [6.45, 7) is 1.77. The molecule has 0 aromatic heterocycles. The molecule has 1 atom stereocenters. The maximum absolute atomic E-state index is 12.2. The molecule has 0 heterocycles. The first kappa shape index (κ1) is 16.8. The minimum Gasteiger partial charge on any atom is -0.497 e. The highest BCUT2D eigenvalue weighted by Crippen LogP contribution is 2.26. The van der Waals surface area contributed by atoms with E-state index >= 15 is 0 Å². The Morgan fingerprint density at radius 1 is 1.04 bits per heavy atom. The molecule has 0 spiro atoms. The molecule has 0 aliphatic carbocycles. The molecule has 5 heteroatoms. The second kappa shape index (κ2) is 7.23. The predicted molar refractivity (Wildman–Crippen MR) is 98.0 cm³/mol. The van der Waals surface area contributed by atoms with Crippen LogP contribution < -0.4 is 10.1 Å². The van der Waals surface area contributed by atoms with Gasteiger partial charge in [0.25, 0.3) is 0 Å². The standard InChI is InChI=1S/C20H20N2O3/c1-14(22(24)20(23)21-18-6-4-3-5-7-18)15-8-9-17-13-19(25-2)11-10-16(17)12-15/h3-14,24H,1-2H3,(H,21,23). The van der Waals surface area contributed by atoms with Crippen LogP contribution in [0.1, 0.15) is 18.5 Å². The van der Waals surface area contributed by atoms with Crippen LogP contribution in [0.25, 0.3) is 10.8 Å². The van der Waals surface area contributed by atoms with E-state index in [-0.39, 0.29) is 0 Å². The number of fused-ring (bicyclic) bond motifs is 1. The first-order valence-corrected chi connectivity index (χ1v) is 8.00. The van der Waals surface area contributed by atoms with Crippen molar-refractivity contribution in [2.75, 3.05) is 12.4 Å². The number of rotatable bonds is 4. The topological polar surface area (TPSA) is 61.8 Å². The van der Waals surface area contributed by atoms with Crippen LogP contribution in [0.4, 0.5) is 10.5 Å². The monoisotopic (exact) mass is 336 g/mol. The summed E-state index contributed by atoms with van der Waals surface area (Å²) < 4.78 is 5.23. The van der Waals surface area contributed by atoms with Gasteiger partial charge in [0.05, 0.1) is 13.2 Å². The molecule has 0 aliphatic rings. The molecule has 3 aromatic rings. The van der Waals surface area contributed by atoms with Gasteiger partial charge in [0.1, 0.15) is 5.75 Å². The molecular formula is C20H20N2O3. The number of carbonyl (C=O) groups excluding carboxylic acids is 1. The fourth-order valence-corrected chi connectivity index (χ4v) is 2.65. The SMILES string of the molecule is COc1ccc2cc(C(C)N(O)C(=O)Nc3ccccc3)ccc2c1. The Morgan fingerprint density at radius 2 is 1.72 bits per heavy atom. The summed E-state index contributed by atoms with van der Waals surface area (Å²) in [5.41, 5.74) is 1.47. The van der Waals surface area contributed by atoms with Crippen LogP contribution in [0.15, 0.2) is 66.7 Å². The van der Waals surface area contributed by atoms with Gasteiger partial charge in [-0.15, -0.1) is 0 Å². The first-order valence-electron chi connectivity index (χ1n) is 8.00. The van der Waals surface area contributed by atoms with Crippen molar-refractivity contribution in [1.82, 2.24) is 5.06 Å². The van der Waals surface area contributed by atoms with Crippen LogP contribution in [0.2, 0.25) is 0 Å². The van der Waals surface area contributed by atoms with Crippen molar-refractivity contribution in [2.24, 2.45) is 0 Å². The Kier molecular flexibility index (Phi) is 4.86. The molecule has 128 valence electrons. The third kappa shape index (κ3) is 3.72. The summed E-state index contributed by atoms with van der Waals surface area (Å²) in [5, 5.41) is 15.7. The molecule has 2 amide bonds. The lowest BCUT2D eigenvalue weighted by Gasteiger charge is -2.23. The van der Waals surface area contributed by atoms with Gasteiger partial charge in [-0.3, -0.25) is 5.21 Å². The number of urea groups is 1. The minimum absolute atomic E-state index is 0.491. The Bertz CT molecular complexity index is 881. The Morgan fingerprint density at radius 3 is 2.44 bits per heavy atom. The summed E-state index contributed by atoms with van der Waals surface area (Å²) in [4.78, 5) is 12.2. The highest BCUT2D eigenvalue weighted by atomic mass is 16.5. The van der Waals surface area contributed by atoms with Crippen LogP contribution in [0.3, 0.4) is 0 Å². The molecule has 0 bridgehead atoms. The van der Waals surface area contributed by atoms with E-state index in [2.05, 4.69) is 5.32 Å². The number of carbonyl (C=O) groups is 1. The van der Waals surface area contributed by atoms with Gasteiger partial charge in [0.15, 0.2) is 0 Å². The Balaban J connectivity index is 1.78. The van der Waals surface area contributed by atoms with Gasteiger partial charge in [-0.25, -0.2) is 4.79 Å². The van der Waals surface area contributed by atoms with Gasteiger partial charge in [-0.05, 0) is 53.6 Å². The van der Waals surface area contributed by atoms with Crippen molar-refractivity contribution in [3.63, 3.8) is 0 Å². The Hall–Kier alpha value is -3.05. The molecular weight excluding hydrogens is 316 g/mol. The quantitative estimate of drug-likeness (QED) is 0.530. The van der Waals surface area contributed by atoms with Gasteiger partial charge < -0.3 is 10.1 Å². The molecule has 3 rings (SSSR count). The number of para-hydroxylation sites is 1. The third-order valence-corrected chi connectivity index (χ3v) is 4.15. The lowest BCUT2D eigenvalue weighted by molar-refractivity contribution is -0.0690. The van der Waals surface area contributed by atoms with E-state index in [9.17, 15) is 10.0 Å². The minimum atomic E-state index is -0.575. The molecule has 3 aromatic carbocycles. The third-order valence-electron chi connectivity index (χ3n) is 4.15. The van der Waals surface area contributed by atoms with Crippen molar-refractivity contribution in [1.29, 1.82) is 0 Å². The van der Waals surface area contributed by atoms with E-state index in [1.54, 1.807) is 26.2 Å². The number of ether oxygens (including phenoxy) is 1. The van der Waals surface area contributed by atoms with E-state index in [0.29, 0.717) is 10.8 Å². The lowest BCUT2D eigenvalue weighted by atomic mass is 10.0. The molecule has 0 radical (unpaired) electrons. The number of benzene rings is 3. The molecule has 0 saturated carbocycles. The molecule has 1 unspecified atom stereocenters. The summed E-state index contributed by atoms with van der Waals surface area (Å²) in [5.74, 6) is 0.791. The van der Waals surface area contributed by atoms with Gasteiger partial charge >= 0.3 is 6.03 Å². The normalized spacial score (nSPS) is 11.8. The molecule has 0 fully saturated rings. The second-order valence-corrected chi connectivity index (χ2v) is 5.79. The van der Waals surface area contributed by atoms with Gasteiger partial charge in [-0.2, -0.15) is 5.06 Å². The number of amides is 2.